The number of hydrogen-bond acceptors (Lipinski definition) is 4. The van der Waals surface area contributed by atoms with Crippen molar-refractivity contribution >= 4 is 29.1 Å². The first kappa shape index (κ1) is 22.2. The summed E-state index contributed by atoms with van der Waals surface area (Å²) in [6.07, 6.45) is 4.10. The van der Waals surface area contributed by atoms with E-state index >= 15 is 0 Å². The Morgan fingerprint density at radius 3 is 2.57 bits per heavy atom. The fraction of sp³-hybridized carbons (Fsp3) is 0.478. The summed E-state index contributed by atoms with van der Waals surface area (Å²) in [5, 5.41) is 7.65. The molecule has 1 fully saturated rings. The van der Waals surface area contributed by atoms with Crippen molar-refractivity contribution in [1.82, 2.24) is 15.1 Å². The smallest absolute Gasteiger partial charge is 0.221 e. The van der Waals surface area contributed by atoms with Gasteiger partial charge in [-0.2, -0.15) is 5.10 Å². The largest absolute Gasteiger partial charge is 0.351 e. The second kappa shape index (κ2) is 8.34. The topological polar surface area (TPSA) is 81.1 Å². The lowest BCUT2D eigenvalue weighted by Gasteiger charge is -2.21. The van der Waals surface area contributed by atoms with E-state index in [0.717, 1.165) is 22.4 Å². The zero-order valence-corrected chi connectivity index (χ0v) is 18.8. The Labute approximate surface area is 182 Å². The molecule has 1 heterocycles. The minimum absolute atomic E-state index is 0.0444. The van der Waals surface area contributed by atoms with Crippen molar-refractivity contribution in [2.45, 2.75) is 65.3 Å². The van der Waals surface area contributed by atoms with E-state index in [2.05, 4.69) is 10.4 Å². The standard InChI is InChI=1S/C23H28ClN3O3/c1-6-14-8-17(27-12-16(24)11-25-27)7-13(2)20(14)21-18(28)9-15(22(21)30)10-19(29)26-23(3,4)5/h7-8,11-12,15,21H,6,9-10H2,1-5H3,(H,26,29). The predicted molar refractivity (Wildman–Crippen MR) is 116 cm³/mol. The monoisotopic (exact) mass is 429 g/mol. The third kappa shape index (κ3) is 4.64. The highest BCUT2D eigenvalue weighted by molar-refractivity contribution is 6.30. The first-order valence-electron chi connectivity index (χ1n) is 10.2. The van der Waals surface area contributed by atoms with Crippen LogP contribution in [0.1, 0.15) is 63.1 Å². The molecule has 1 aromatic heterocycles. The number of amides is 1. The molecule has 3 rings (SSSR count). The Balaban J connectivity index is 1.90. The number of hydrogen-bond donors (Lipinski definition) is 1. The van der Waals surface area contributed by atoms with Crippen molar-refractivity contribution < 1.29 is 14.4 Å². The van der Waals surface area contributed by atoms with Gasteiger partial charge < -0.3 is 5.32 Å². The van der Waals surface area contributed by atoms with Crippen LogP contribution in [0.3, 0.4) is 0 Å². The van der Waals surface area contributed by atoms with Gasteiger partial charge in [0.1, 0.15) is 11.7 Å². The Kier molecular flexibility index (Phi) is 6.18. The summed E-state index contributed by atoms with van der Waals surface area (Å²) >= 11 is 5.99. The SMILES string of the molecule is CCc1cc(-n2cc(Cl)cn2)cc(C)c1C1C(=O)CC(CC(=O)NC(C)(C)C)C1=O. The molecule has 0 bridgehead atoms. The van der Waals surface area contributed by atoms with E-state index in [4.69, 9.17) is 11.6 Å². The van der Waals surface area contributed by atoms with Crippen LogP contribution in [0.5, 0.6) is 0 Å². The van der Waals surface area contributed by atoms with Gasteiger partial charge in [-0.1, -0.05) is 18.5 Å². The Morgan fingerprint density at radius 2 is 2.00 bits per heavy atom. The number of aromatic nitrogens is 2. The summed E-state index contributed by atoms with van der Waals surface area (Å²) < 4.78 is 1.68. The van der Waals surface area contributed by atoms with Gasteiger partial charge in [0, 0.05) is 30.5 Å². The number of nitrogens with one attached hydrogen (secondary N) is 1. The van der Waals surface area contributed by atoms with Gasteiger partial charge in [-0.15, -0.1) is 0 Å². The average molecular weight is 430 g/mol. The van der Waals surface area contributed by atoms with E-state index in [1.165, 1.54) is 0 Å². The molecule has 2 aromatic rings. The van der Waals surface area contributed by atoms with E-state index in [9.17, 15) is 14.4 Å². The van der Waals surface area contributed by atoms with E-state index < -0.39 is 11.8 Å². The molecule has 1 aliphatic carbocycles. The van der Waals surface area contributed by atoms with Crippen LogP contribution in [0.4, 0.5) is 0 Å². The van der Waals surface area contributed by atoms with Crippen LogP contribution in [0.15, 0.2) is 24.5 Å². The third-order valence-corrected chi connectivity index (χ3v) is 5.54. The summed E-state index contributed by atoms with van der Waals surface area (Å²) in [6.45, 7) is 9.57. The minimum atomic E-state index is -0.803. The van der Waals surface area contributed by atoms with Gasteiger partial charge in [0.25, 0.3) is 0 Å². The molecule has 160 valence electrons. The third-order valence-electron chi connectivity index (χ3n) is 5.35. The second-order valence-electron chi connectivity index (χ2n) is 9.00. The van der Waals surface area contributed by atoms with Crippen molar-refractivity contribution in [1.29, 1.82) is 0 Å². The highest BCUT2D eigenvalue weighted by Crippen LogP contribution is 2.38. The zero-order valence-electron chi connectivity index (χ0n) is 18.1. The first-order chi connectivity index (χ1) is 14.0. The maximum Gasteiger partial charge on any atom is 0.221 e. The number of nitrogens with zero attached hydrogens (tertiary/aromatic N) is 2. The van der Waals surface area contributed by atoms with Crippen molar-refractivity contribution in [3.05, 3.63) is 46.2 Å². The van der Waals surface area contributed by atoms with Crippen LogP contribution in [-0.2, 0) is 20.8 Å². The summed E-state index contributed by atoms with van der Waals surface area (Å²) in [5.41, 5.74) is 3.03. The highest BCUT2D eigenvalue weighted by atomic mass is 35.5. The molecule has 0 radical (unpaired) electrons. The fourth-order valence-corrected chi connectivity index (χ4v) is 4.29. The first-order valence-corrected chi connectivity index (χ1v) is 10.6. The Morgan fingerprint density at radius 1 is 1.30 bits per heavy atom. The quantitative estimate of drug-likeness (QED) is 0.730. The van der Waals surface area contributed by atoms with Gasteiger partial charge >= 0.3 is 0 Å². The number of Topliss-reactive ketones (excluding diaryl/α,β-unsaturated/α-hetero) is 2. The van der Waals surface area contributed by atoms with Gasteiger partial charge in [-0.05, 0) is 62.9 Å². The molecule has 7 heteroatoms. The minimum Gasteiger partial charge on any atom is -0.351 e. The Hall–Kier alpha value is -2.47. The van der Waals surface area contributed by atoms with E-state index in [0.29, 0.717) is 11.4 Å². The number of rotatable bonds is 5. The molecule has 1 aromatic carbocycles. The van der Waals surface area contributed by atoms with E-state index in [1.807, 2.05) is 46.8 Å². The molecule has 1 saturated carbocycles. The second-order valence-corrected chi connectivity index (χ2v) is 9.43. The lowest BCUT2D eigenvalue weighted by atomic mass is 9.85. The number of carbonyl (C=O) groups excluding carboxylic acids is 3. The van der Waals surface area contributed by atoms with Crippen LogP contribution in [0.25, 0.3) is 5.69 Å². The highest BCUT2D eigenvalue weighted by Gasteiger charge is 2.44. The normalized spacial score (nSPS) is 19.4. The van der Waals surface area contributed by atoms with Crippen LogP contribution >= 0.6 is 11.6 Å². The molecule has 0 spiro atoms. The molecular weight excluding hydrogens is 402 g/mol. The molecular formula is C23H28ClN3O3. The molecule has 2 atom stereocenters. The van der Waals surface area contributed by atoms with Gasteiger partial charge in [-0.25, -0.2) is 4.68 Å². The zero-order chi connectivity index (χ0) is 22.2. The van der Waals surface area contributed by atoms with E-state index in [1.54, 1.807) is 17.1 Å². The lowest BCUT2D eigenvalue weighted by Crippen LogP contribution is -2.41. The summed E-state index contributed by atoms with van der Waals surface area (Å²) in [5.74, 6) is -1.84. The van der Waals surface area contributed by atoms with Crippen molar-refractivity contribution in [2.24, 2.45) is 5.92 Å². The van der Waals surface area contributed by atoms with Crippen molar-refractivity contribution in [2.75, 3.05) is 0 Å². The maximum absolute atomic E-state index is 13.2. The number of benzene rings is 1. The van der Waals surface area contributed by atoms with Gasteiger partial charge in [0.2, 0.25) is 5.91 Å². The molecule has 1 N–H and O–H groups in total. The van der Waals surface area contributed by atoms with Crippen molar-refractivity contribution in [3.63, 3.8) is 0 Å². The molecule has 30 heavy (non-hydrogen) atoms. The van der Waals surface area contributed by atoms with Gasteiger partial charge in [0.05, 0.1) is 16.9 Å². The lowest BCUT2D eigenvalue weighted by molar-refractivity contribution is -0.129. The fourth-order valence-electron chi connectivity index (χ4n) is 4.16. The average Bonchev–Trinajstić information content (AvgIpc) is 3.17. The number of ketones is 2. The number of carbonyl (C=O) groups is 3. The summed E-state index contributed by atoms with van der Waals surface area (Å²) in [4.78, 5) is 38.3. The van der Waals surface area contributed by atoms with Gasteiger partial charge in [-0.3, -0.25) is 14.4 Å². The summed E-state index contributed by atoms with van der Waals surface area (Å²) in [7, 11) is 0. The molecule has 1 aliphatic rings. The van der Waals surface area contributed by atoms with E-state index in [-0.39, 0.29) is 35.9 Å². The molecule has 0 saturated heterocycles. The van der Waals surface area contributed by atoms with Crippen molar-refractivity contribution in [3.8, 4) is 5.69 Å². The molecule has 0 aliphatic heterocycles. The predicted octanol–water partition coefficient (Wildman–Crippen LogP) is 3.94. The van der Waals surface area contributed by atoms with Crippen LogP contribution in [0, 0.1) is 12.8 Å². The maximum atomic E-state index is 13.2. The number of aryl methyl sites for hydroxylation is 2. The summed E-state index contributed by atoms with van der Waals surface area (Å²) in [6, 6.07) is 3.86. The van der Waals surface area contributed by atoms with Crippen LogP contribution in [-0.4, -0.2) is 32.8 Å². The molecule has 2 unspecified atom stereocenters. The Bertz CT molecular complexity index is 1000. The van der Waals surface area contributed by atoms with Crippen LogP contribution < -0.4 is 5.32 Å². The molecule has 6 nitrogen and oxygen atoms in total. The van der Waals surface area contributed by atoms with Gasteiger partial charge in [0.15, 0.2) is 5.78 Å². The molecule has 1 amide bonds. The van der Waals surface area contributed by atoms with Crippen LogP contribution in [0.2, 0.25) is 5.02 Å². The number of halogens is 1.